The molecule has 2 aliphatic heterocycles. The van der Waals surface area contributed by atoms with Crippen LogP contribution >= 0.6 is 0 Å². The van der Waals surface area contributed by atoms with E-state index in [4.69, 9.17) is 15.5 Å². The molecule has 0 saturated carbocycles. The van der Waals surface area contributed by atoms with Gasteiger partial charge in [-0.2, -0.15) is 4.98 Å². The molecule has 0 bridgehead atoms. The van der Waals surface area contributed by atoms with Gasteiger partial charge < -0.3 is 25.6 Å². The smallest absolute Gasteiger partial charge is 0.410 e. The van der Waals surface area contributed by atoms with Crippen molar-refractivity contribution in [3.05, 3.63) is 59.8 Å². The van der Waals surface area contributed by atoms with Gasteiger partial charge in [0.05, 0.1) is 6.61 Å². The number of amides is 2. The van der Waals surface area contributed by atoms with Crippen LogP contribution in [0.5, 0.6) is 0 Å². The van der Waals surface area contributed by atoms with Gasteiger partial charge in [0.15, 0.2) is 5.65 Å². The van der Waals surface area contributed by atoms with E-state index in [9.17, 15) is 9.59 Å². The molecule has 37 heavy (non-hydrogen) atoms. The SMILES string of the molecule is CCOC(=O)N1CC=C(c2cccn3nc(Nc4ccc(C(=O)N5CCC(CN)CC5)cc4)nc23)CC1. The van der Waals surface area contributed by atoms with Crippen molar-refractivity contribution in [3.8, 4) is 0 Å². The number of piperidine rings is 1. The summed E-state index contributed by atoms with van der Waals surface area (Å²) in [6, 6.07) is 11.4. The molecule has 0 atom stereocenters. The molecule has 2 amide bonds. The normalized spacial score (nSPS) is 16.5. The molecule has 0 unspecified atom stereocenters. The second kappa shape index (κ2) is 11.0. The highest BCUT2D eigenvalue weighted by atomic mass is 16.6. The fourth-order valence-corrected chi connectivity index (χ4v) is 4.88. The van der Waals surface area contributed by atoms with Crippen LogP contribution in [0.15, 0.2) is 48.7 Å². The molecule has 3 aromatic rings. The third-order valence-corrected chi connectivity index (χ3v) is 7.07. The number of aromatic nitrogens is 3. The number of pyridine rings is 1. The maximum atomic E-state index is 12.9. The van der Waals surface area contributed by atoms with Gasteiger partial charge in [0.25, 0.3) is 5.91 Å². The molecule has 0 aliphatic carbocycles. The Labute approximate surface area is 216 Å². The zero-order valence-electron chi connectivity index (χ0n) is 21.1. The van der Waals surface area contributed by atoms with Crippen molar-refractivity contribution in [2.75, 3.05) is 44.6 Å². The number of nitrogens with zero attached hydrogens (tertiary/aromatic N) is 5. The Morgan fingerprint density at radius 2 is 1.89 bits per heavy atom. The minimum atomic E-state index is -0.283. The van der Waals surface area contributed by atoms with E-state index in [-0.39, 0.29) is 12.0 Å². The largest absolute Gasteiger partial charge is 0.450 e. The lowest BCUT2D eigenvalue weighted by Gasteiger charge is -2.31. The lowest BCUT2D eigenvalue weighted by molar-refractivity contribution is 0.0693. The number of hydrogen-bond acceptors (Lipinski definition) is 7. The van der Waals surface area contributed by atoms with Gasteiger partial charge in [0, 0.05) is 49.2 Å². The number of hydrogen-bond donors (Lipinski definition) is 2. The molecule has 3 N–H and O–H groups in total. The Balaban J connectivity index is 1.26. The van der Waals surface area contributed by atoms with Crippen LogP contribution in [0.3, 0.4) is 0 Å². The summed E-state index contributed by atoms with van der Waals surface area (Å²) < 4.78 is 6.86. The second-order valence-corrected chi connectivity index (χ2v) is 9.42. The lowest BCUT2D eigenvalue weighted by Crippen LogP contribution is -2.40. The van der Waals surface area contributed by atoms with Gasteiger partial charge in [0.1, 0.15) is 0 Å². The highest BCUT2D eigenvalue weighted by molar-refractivity contribution is 5.94. The minimum absolute atomic E-state index is 0.0554. The molecule has 0 radical (unpaired) electrons. The topological polar surface area (TPSA) is 118 Å². The van der Waals surface area contributed by atoms with Crippen molar-refractivity contribution in [1.29, 1.82) is 0 Å². The maximum absolute atomic E-state index is 12.9. The Hall–Kier alpha value is -3.92. The Morgan fingerprint density at radius 1 is 1.11 bits per heavy atom. The van der Waals surface area contributed by atoms with Gasteiger partial charge in [-0.25, -0.2) is 9.31 Å². The van der Waals surface area contributed by atoms with E-state index in [0.29, 0.717) is 50.1 Å². The molecule has 5 rings (SSSR count). The van der Waals surface area contributed by atoms with Crippen LogP contribution < -0.4 is 11.1 Å². The Bertz CT molecular complexity index is 1290. The highest BCUT2D eigenvalue weighted by Crippen LogP contribution is 2.27. The predicted molar refractivity (Wildman–Crippen MR) is 142 cm³/mol. The number of carbonyl (C=O) groups is 2. The van der Waals surface area contributed by atoms with Crippen LogP contribution in [0.25, 0.3) is 11.2 Å². The monoisotopic (exact) mass is 503 g/mol. The van der Waals surface area contributed by atoms with Crippen LogP contribution in [0.4, 0.5) is 16.4 Å². The van der Waals surface area contributed by atoms with E-state index in [1.807, 2.05) is 60.5 Å². The van der Waals surface area contributed by atoms with Crippen molar-refractivity contribution < 1.29 is 14.3 Å². The summed E-state index contributed by atoms with van der Waals surface area (Å²) in [7, 11) is 0. The third-order valence-electron chi connectivity index (χ3n) is 7.07. The summed E-state index contributed by atoms with van der Waals surface area (Å²) in [5, 5.41) is 7.82. The fourth-order valence-electron chi connectivity index (χ4n) is 4.88. The molecule has 194 valence electrons. The first kappa shape index (κ1) is 24.8. The average Bonchev–Trinajstić information content (AvgIpc) is 3.36. The van der Waals surface area contributed by atoms with Crippen LogP contribution in [-0.2, 0) is 4.74 Å². The van der Waals surface area contributed by atoms with Gasteiger partial charge in [0.2, 0.25) is 5.95 Å². The highest BCUT2D eigenvalue weighted by Gasteiger charge is 2.23. The number of benzene rings is 1. The number of fused-ring (bicyclic) bond motifs is 1. The van der Waals surface area contributed by atoms with E-state index in [1.54, 1.807) is 9.42 Å². The van der Waals surface area contributed by atoms with Gasteiger partial charge in [-0.05, 0) is 80.6 Å². The number of likely N-dealkylation sites (tertiary alicyclic amines) is 1. The fraction of sp³-hybridized carbons (Fsp3) is 0.407. The van der Waals surface area contributed by atoms with Crippen molar-refractivity contribution >= 4 is 34.9 Å². The maximum Gasteiger partial charge on any atom is 0.410 e. The first-order chi connectivity index (χ1) is 18.1. The summed E-state index contributed by atoms with van der Waals surface area (Å²) in [6.07, 6.45) is 6.27. The first-order valence-corrected chi connectivity index (χ1v) is 12.9. The number of anilines is 2. The van der Waals surface area contributed by atoms with Crippen LogP contribution in [0.2, 0.25) is 0 Å². The summed E-state index contributed by atoms with van der Waals surface area (Å²) in [4.78, 5) is 33.2. The van der Waals surface area contributed by atoms with E-state index in [1.165, 1.54) is 0 Å². The van der Waals surface area contributed by atoms with Crippen molar-refractivity contribution in [1.82, 2.24) is 24.4 Å². The molecular formula is C27H33N7O3. The minimum Gasteiger partial charge on any atom is -0.450 e. The molecule has 4 heterocycles. The molecule has 10 nitrogen and oxygen atoms in total. The van der Waals surface area contributed by atoms with E-state index < -0.39 is 0 Å². The number of rotatable bonds is 6. The molecule has 10 heteroatoms. The van der Waals surface area contributed by atoms with E-state index in [0.717, 1.165) is 48.4 Å². The molecular weight excluding hydrogens is 470 g/mol. The van der Waals surface area contributed by atoms with Crippen LogP contribution in [-0.4, -0.2) is 75.7 Å². The van der Waals surface area contributed by atoms with Gasteiger partial charge >= 0.3 is 6.09 Å². The number of nitrogens with two attached hydrogens (primary N) is 1. The second-order valence-electron chi connectivity index (χ2n) is 9.42. The number of ether oxygens (including phenoxy) is 1. The van der Waals surface area contributed by atoms with E-state index >= 15 is 0 Å². The van der Waals surface area contributed by atoms with Gasteiger partial charge in [-0.1, -0.05) is 6.08 Å². The Kier molecular flexibility index (Phi) is 7.36. The standard InChI is InChI=1S/C27H33N7O3/c1-2-37-27(36)33-16-11-20(12-17-33)23-4-3-13-34-24(23)30-26(31-34)29-22-7-5-21(6-8-22)25(35)32-14-9-19(18-28)10-15-32/h3-8,11,13,19H,2,9-10,12,14-18,28H2,1H3,(H,29,31). The summed E-state index contributed by atoms with van der Waals surface area (Å²) in [5.74, 6) is 1.04. The molecule has 0 spiro atoms. The zero-order chi connectivity index (χ0) is 25.8. The predicted octanol–water partition coefficient (Wildman–Crippen LogP) is 3.53. The molecule has 2 aromatic heterocycles. The third kappa shape index (κ3) is 5.43. The van der Waals surface area contributed by atoms with Gasteiger partial charge in [-0.15, -0.1) is 5.10 Å². The van der Waals surface area contributed by atoms with Crippen molar-refractivity contribution in [2.24, 2.45) is 11.7 Å². The summed E-state index contributed by atoms with van der Waals surface area (Å²) >= 11 is 0. The first-order valence-electron chi connectivity index (χ1n) is 12.9. The quantitative estimate of drug-likeness (QED) is 0.528. The van der Waals surface area contributed by atoms with Crippen LogP contribution in [0, 0.1) is 5.92 Å². The van der Waals surface area contributed by atoms with Gasteiger partial charge in [-0.3, -0.25) is 4.79 Å². The zero-order valence-corrected chi connectivity index (χ0v) is 21.1. The van der Waals surface area contributed by atoms with Crippen LogP contribution in [0.1, 0.15) is 42.1 Å². The molecule has 1 saturated heterocycles. The molecule has 1 fully saturated rings. The Morgan fingerprint density at radius 3 is 2.57 bits per heavy atom. The van der Waals surface area contributed by atoms with Crippen molar-refractivity contribution in [2.45, 2.75) is 26.2 Å². The summed E-state index contributed by atoms with van der Waals surface area (Å²) in [5.41, 5.74) is 10.1. The average molecular weight is 504 g/mol. The van der Waals surface area contributed by atoms with Crippen molar-refractivity contribution in [3.63, 3.8) is 0 Å². The molecule has 1 aromatic carbocycles. The number of carbonyl (C=O) groups excluding carboxylic acids is 2. The molecule has 2 aliphatic rings. The van der Waals surface area contributed by atoms with E-state index in [2.05, 4.69) is 10.4 Å². The number of nitrogens with one attached hydrogen (secondary N) is 1. The summed E-state index contributed by atoms with van der Waals surface area (Å²) in [6.45, 7) is 5.48. The lowest BCUT2D eigenvalue weighted by atomic mass is 9.96.